The van der Waals surface area contributed by atoms with Crippen LogP contribution in [-0.2, 0) is 16.0 Å². The summed E-state index contributed by atoms with van der Waals surface area (Å²) < 4.78 is 0. The molecule has 4 rings (SSSR count). The molecule has 3 aromatic rings. The molecule has 1 saturated heterocycles. The minimum Gasteiger partial charge on any atom is -0.385 e. The number of amides is 2. The summed E-state index contributed by atoms with van der Waals surface area (Å²) in [5.41, 5.74) is 5.55. The van der Waals surface area contributed by atoms with Gasteiger partial charge in [0.2, 0.25) is 11.8 Å². The van der Waals surface area contributed by atoms with Crippen molar-refractivity contribution in [3.05, 3.63) is 77.4 Å². The fourth-order valence-electron chi connectivity index (χ4n) is 4.07. The van der Waals surface area contributed by atoms with Crippen LogP contribution in [0.1, 0.15) is 29.2 Å². The number of anilines is 3. The molecule has 2 N–H and O–H groups in total. The second kappa shape index (κ2) is 9.81. The SMILES string of the molecule is Cc1cccc(N2CC(C(=O)Nc3ccc(NCCc4nc(C)cc(C)n4)cc3)CC2=O)c1. The van der Waals surface area contributed by atoms with Gasteiger partial charge < -0.3 is 15.5 Å². The third-order valence-corrected chi connectivity index (χ3v) is 5.67. The highest BCUT2D eigenvalue weighted by atomic mass is 16.2. The summed E-state index contributed by atoms with van der Waals surface area (Å²) in [6, 6.07) is 17.3. The maximum atomic E-state index is 12.8. The maximum Gasteiger partial charge on any atom is 0.229 e. The van der Waals surface area contributed by atoms with Gasteiger partial charge in [-0.2, -0.15) is 0 Å². The van der Waals surface area contributed by atoms with Crippen molar-refractivity contribution < 1.29 is 9.59 Å². The molecule has 0 radical (unpaired) electrons. The first kappa shape index (κ1) is 22.5. The van der Waals surface area contributed by atoms with Gasteiger partial charge in [0.15, 0.2) is 0 Å². The smallest absolute Gasteiger partial charge is 0.229 e. The number of aryl methyl sites for hydroxylation is 3. The highest BCUT2D eigenvalue weighted by Gasteiger charge is 2.35. The van der Waals surface area contributed by atoms with Crippen molar-refractivity contribution in [2.45, 2.75) is 33.6 Å². The Bertz CT molecular complexity index is 1140. The third kappa shape index (κ3) is 5.74. The predicted octanol–water partition coefficient (Wildman–Crippen LogP) is 4.05. The molecule has 1 aliphatic heterocycles. The van der Waals surface area contributed by atoms with Gasteiger partial charge in [0, 0.05) is 54.4 Å². The Kier molecular flexibility index (Phi) is 6.68. The number of nitrogens with one attached hydrogen (secondary N) is 2. The highest BCUT2D eigenvalue weighted by Crippen LogP contribution is 2.27. The summed E-state index contributed by atoms with van der Waals surface area (Å²) >= 11 is 0. The fraction of sp³-hybridized carbons (Fsp3) is 0.308. The van der Waals surface area contributed by atoms with Crippen molar-refractivity contribution in [2.75, 3.05) is 28.6 Å². The molecule has 1 unspecified atom stereocenters. The lowest BCUT2D eigenvalue weighted by molar-refractivity contribution is -0.122. The Hall–Kier alpha value is -3.74. The van der Waals surface area contributed by atoms with Crippen molar-refractivity contribution in [2.24, 2.45) is 5.92 Å². The topological polar surface area (TPSA) is 87.2 Å². The minimum atomic E-state index is -0.367. The van der Waals surface area contributed by atoms with Crippen molar-refractivity contribution >= 4 is 28.9 Å². The van der Waals surface area contributed by atoms with Crippen LogP contribution in [0.3, 0.4) is 0 Å². The van der Waals surface area contributed by atoms with Gasteiger partial charge in [-0.1, -0.05) is 12.1 Å². The summed E-state index contributed by atoms with van der Waals surface area (Å²) in [4.78, 5) is 35.8. The summed E-state index contributed by atoms with van der Waals surface area (Å²) in [7, 11) is 0. The zero-order valence-corrected chi connectivity index (χ0v) is 19.3. The minimum absolute atomic E-state index is 0.0203. The standard InChI is InChI=1S/C26H29N5O2/c1-17-5-4-6-23(13-17)31-16-20(15-25(31)32)26(33)30-22-9-7-21(8-10-22)27-12-11-24-28-18(2)14-19(3)29-24/h4-10,13-14,20,27H,11-12,15-16H2,1-3H3,(H,30,33). The highest BCUT2D eigenvalue weighted by molar-refractivity contribution is 6.03. The zero-order chi connectivity index (χ0) is 23.4. The quantitative estimate of drug-likeness (QED) is 0.575. The van der Waals surface area contributed by atoms with E-state index in [9.17, 15) is 9.59 Å². The summed E-state index contributed by atoms with van der Waals surface area (Å²) in [5, 5.41) is 6.30. The molecule has 33 heavy (non-hydrogen) atoms. The molecule has 2 amide bonds. The molecule has 2 heterocycles. The molecule has 170 valence electrons. The predicted molar refractivity (Wildman–Crippen MR) is 130 cm³/mol. The Balaban J connectivity index is 1.29. The van der Waals surface area contributed by atoms with Gasteiger partial charge in [-0.3, -0.25) is 9.59 Å². The van der Waals surface area contributed by atoms with Gasteiger partial charge in [-0.15, -0.1) is 0 Å². The van der Waals surface area contributed by atoms with Gasteiger partial charge in [-0.25, -0.2) is 9.97 Å². The molecular weight excluding hydrogens is 414 g/mol. The second-order valence-corrected chi connectivity index (χ2v) is 8.55. The molecule has 0 saturated carbocycles. The summed E-state index contributed by atoms with van der Waals surface area (Å²) in [6.45, 7) is 7.05. The Labute approximate surface area is 194 Å². The van der Waals surface area contributed by atoms with Crippen molar-refractivity contribution in [3.63, 3.8) is 0 Å². The van der Waals surface area contributed by atoms with E-state index in [2.05, 4.69) is 20.6 Å². The van der Waals surface area contributed by atoms with Crippen LogP contribution in [0.25, 0.3) is 0 Å². The Morgan fingerprint density at radius 2 is 1.70 bits per heavy atom. The second-order valence-electron chi connectivity index (χ2n) is 8.55. The van der Waals surface area contributed by atoms with E-state index in [0.29, 0.717) is 18.8 Å². The van der Waals surface area contributed by atoms with E-state index in [1.807, 2.05) is 75.4 Å². The van der Waals surface area contributed by atoms with E-state index in [4.69, 9.17) is 0 Å². The van der Waals surface area contributed by atoms with Crippen LogP contribution in [-0.4, -0.2) is 34.9 Å². The van der Waals surface area contributed by atoms with Gasteiger partial charge in [0.05, 0.1) is 5.92 Å². The molecule has 1 aromatic heterocycles. The molecule has 7 heteroatoms. The normalized spacial score (nSPS) is 15.5. The lowest BCUT2D eigenvalue weighted by Crippen LogP contribution is -2.28. The zero-order valence-electron chi connectivity index (χ0n) is 19.3. The third-order valence-electron chi connectivity index (χ3n) is 5.67. The van der Waals surface area contributed by atoms with E-state index in [0.717, 1.165) is 40.6 Å². The van der Waals surface area contributed by atoms with Crippen LogP contribution >= 0.6 is 0 Å². The number of nitrogens with zero attached hydrogens (tertiary/aromatic N) is 3. The molecule has 7 nitrogen and oxygen atoms in total. The molecule has 1 fully saturated rings. The van der Waals surface area contributed by atoms with Crippen LogP contribution < -0.4 is 15.5 Å². The molecular formula is C26H29N5O2. The Morgan fingerprint density at radius 1 is 1.00 bits per heavy atom. The first-order valence-electron chi connectivity index (χ1n) is 11.2. The van der Waals surface area contributed by atoms with Crippen molar-refractivity contribution in [1.82, 2.24) is 9.97 Å². The van der Waals surface area contributed by atoms with Gasteiger partial charge in [0.25, 0.3) is 0 Å². The van der Waals surface area contributed by atoms with Crippen LogP contribution in [0.2, 0.25) is 0 Å². The van der Waals surface area contributed by atoms with Gasteiger partial charge in [0.1, 0.15) is 5.82 Å². The number of hydrogen-bond donors (Lipinski definition) is 2. The van der Waals surface area contributed by atoms with Crippen LogP contribution in [0, 0.1) is 26.7 Å². The lowest BCUT2D eigenvalue weighted by atomic mass is 10.1. The van der Waals surface area contributed by atoms with E-state index in [-0.39, 0.29) is 24.2 Å². The fourth-order valence-corrected chi connectivity index (χ4v) is 4.07. The molecule has 0 spiro atoms. The van der Waals surface area contributed by atoms with Crippen molar-refractivity contribution in [1.29, 1.82) is 0 Å². The molecule has 2 aromatic carbocycles. The molecule has 0 aliphatic carbocycles. The average Bonchev–Trinajstić information content (AvgIpc) is 3.16. The van der Waals surface area contributed by atoms with Crippen LogP contribution in [0.15, 0.2) is 54.6 Å². The number of hydrogen-bond acceptors (Lipinski definition) is 5. The van der Waals surface area contributed by atoms with Crippen LogP contribution in [0.4, 0.5) is 17.1 Å². The van der Waals surface area contributed by atoms with E-state index >= 15 is 0 Å². The number of aromatic nitrogens is 2. The van der Waals surface area contributed by atoms with Crippen molar-refractivity contribution in [3.8, 4) is 0 Å². The largest absolute Gasteiger partial charge is 0.385 e. The molecule has 1 atom stereocenters. The summed E-state index contributed by atoms with van der Waals surface area (Å²) in [6.07, 6.45) is 0.952. The number of benzene rings is 2. The van der Waals surface area contributed by atoms with E-state index in [1.165, 1.54) is 0 Å². The lowest BCUT2D eigenvalue weighted by Gasteiger charge is -2.17. The number of carbonyl (C=O) groups excluding carboxylic acids is 2. The first-order chi connectivity index (χ1) is 15.9. The molecule has 0 bridgehead atoms. The van der Waals surface area contributed by atoms with Gasteiger partial charge >= 0.3 is 0 Å². The van der Waals surface area contributed by atoms with E-state index < -0.39 is 0 Å². The van der Waals surface area contributed by atoms with E-state index in [1.54, 1.807) is 4.90 Å². The van der Waals surface area contributed by atoms with Crippen LogP contribution in [0.5, 0.6) is 0 Å². The average molecular weight is 444 g/mol. The number of rotatable bonds is 7. The number of carbonyl (C=O) groups is 2. The summed E-state index contributed by atoms with van der Waals surface area (Å²) in [5.74, 6) is 0.308. The first-order valence-corrected chi connectivity index (χ1v) is 11.2. The van der Waals surface area contributed by atoms with Gasteiger partial charge in [-0.05, 0) is 68.8 Å². The monoisotopic (exact) mass is 443 g/mol. The molecule has 1 aliphatic rings. The Morgan fingerprint density at radius 3 is 2.39 bits per heavy atom. The maximum absolute atomic E-state index is 12.8.